The van der Waals surface area contributed by atoms with E-state index in [1.165, 1.54) is 0 Å². The molecular weight excluding hydrogens is 218 g/mol. The molecule has 90 valence electrons. The van der Waals surface area contributed by atoms with E-state index < -0.39 is 0 Å². The molecule has 17 heavy (non-hydrogen) atoms. The van der Waals surface area contributed by atoms with Crippen molar-refractivity contribution >= 4 is 16.8 Å². The number of aromatic amines is 1. The molecule has 0 aliphatic heterocycles. The van der Waals surface area contributed by atoms with Crippen LogP contribution in [0.15, 0.2) is 24.3 Å². The maximum Gasteiger partial charge on any atom is 0.267 e. The second kappa shape index (κ2) is 4.88. The third-order valence-corrected chi connectivity index (χ3v) is 2.51. The molecule has 0 aliphatic rings. The van der Waals surface area contributed by atoms with Crippen LogP contribution < -0.4 is 15.8 Å². The number of ether oxygens (including phenoxy) is 1. The zero-order chi connectivity index (χ0) is 12.3. The van der Waals surface area contributed by atoms with Gasteiger partial charge in [0.15, 0.2) is 0 Å². The maximum absolute atomic E-state index is 11.7. The third kappa shape index (κ3) is 2.24. The van der Waals surface area contributed by atoms with Crippen molar-refractivity contribution < 1.29 is 9.53 Å². The molecule has 1 heterocycles. The van der Waals surface area contributed by atoms with Gasteiger partial charge in [0.2, 0.25) is 0 Å². The van der Waals surface area contributed by atoms with Crippen LogP contribution in [-0.2, 0) is 0 Å². The Morgan fingerprint density at radius 1 is 1.53 bits per heavy atom. The van der Waals surface area contributed by atoms with E-state index in [1.54, 1.807) is 13.2 Å². The monoisotopic (exact) mass is 233 g/mol. The van der Waals surface area contributed by atoms with E-state index >= 15 is 0 Å². The van der Waals surface area contributed by atoms with E-state index in [4.69, 9.17) is 10.5 Å². The van der Waals surface area contributed by atoms with Gasteiger partial charge in [0, 0.05) is 18.5 Å². The number of hydrogen-bond donors (Lipinski definition) is 3. The van der Waals surface area contributed by atoms with Crippen LogP contribution >= 0.6 is 0 Å². The van der Waals surface area contributed by atoms with Gasteiger partial charge in [-0.1, -0.05) is 12.1 Å². The van der Waals surface area contributed by atoms with Crippen molar-refractivity contribution in [2.45, 2.75) is 0 Å². The molecule has 0 bridgehead atoms. The first-order valence-electron chi connectivity index (χ1n) is 5.40. The van der Waals surface area contributed by atoms with Gasteiger partial charge in [-0.2, -0.15) is 0 Å². The number of aromatic nitrogens is 1. The van der Waals surface area contributed by atoms with E-state index in [0.29, 0.717) is 18.8 Å². The van der Waals surface area contributed by atoms with Crippen molar-refractivity contribution in [2.75, 3.05) is 20.2 Å². The van der Waals surface area contributed by atoms with Gasteiger partial charge in [0.25, 0.3) is 5.91 Å². The van der Waals surface area contributed by atoms with Crippen LogP contribution in [0.25, 0.3) is 10.9 Å². The summed E-state index contributed by atoms with van der Waals surface area (Å²) in [6, 6.07) is 7.45. The van der Waals surface area contributed by atoms with Crippen LogP contribution in [0.2, 0.25) is 0 Å². The Morgan fingerprint density at radius 3 is 3.06 bits per heavy atom. The highest BCUT2D eigenvalue weighted by Crippen LogP contribution is 2.25. The van der Waals surface area contributed by atoms with Gasteiger partial charge in [-0.15, -0.1) is 0 Å². The van der Waals surface area contributed by atoms with Crippen LogP contribution in [0.1, 0.15) is 10.5 Å². The van der Waals surface area contributed by atoms with Crippen molar-refractivity contribution in [2.24, 2.45) is 5.73 Å². The second-order valence-electron chi connectivity index (χ2n) is 3.65. The third-order valence-electron chi connectivity index (χ3n) is 2.51. The minimum atomic E-state index is -0.159. The molecule has 0 saturated heterocycles. The summed E-state index contributed by atoms with van der Waals surface area (Å²) < 4.78 is 5.22. The van der Waals surface area contributed by atoms with E-state index in [1.807, 2.05) is 18.2 Å². The zero-order valence-corrected chi connectivity index (χ0v) is 9.62. The summed E-state index contributed by atoms with van der Waals surface area (Å²) in [6.07, 6.45) is 0. The summed E-state index contributed by atoms with van der Waals surface area (Å²) in [4.78, 5) is 14.8. The fraction of sp³-hybridized carbons (Fsp3) is 0.250. The summed E-state index contributed by atoms with van der Waals surface area (Å²) in [5.74, 6) is 0.564. The Labute approximate surface area is 98.9 Å². The van der Waals surface area contributed by atoms with Gasteiger partial charge < -0.3 is 20.8 Å². The van der Waals surface area contributed by atoms with Gasteiger partial charge in [-0.3, -0.25) is 4.79 Å². The Bertz CT molecular complexity index is 534. The Morgan fingerprint density at radius 2 is 2.35 bits per heavy atom. The van der Waals surface area contributed by atoms with E-state index in [9.17, 15) is 4.79 Å². The molecule has 0 fully saturated rings. The normalized spacial score (nSPS) is 10.5. The molecule has 0 aliphatic carbocycles. The second-order valence-corrected chi connectivity index (χ2v) is 3.65. The molecule has 0 saturated carbocycles. The van der Waals surface area contributed by atoms with Crippen LogP contribution in [0.5, 0.6) is 5.75 Å². The first-order valence-corrected chi connectivity index (χ1v) is 5.40. The summed E-state index contributed by atoms with van der Waals surface area (Å²) in [5, 5.41) is 3.66. The lowest BCUT2D eigenvalue weighted by atomic mass is 10.2. The summed E-state index contributed by atoms with van der Waals surface area (Å²) >= 11 is 0. The molecule has 0 atom stereocenters. The number of nitrogens with two attached hydrogens (primary N) is 1. The summed E-state index contributed by atoms with van der Waals surface area (Å²) in [7, 11) is 1.60. The van der Waals surface area contributed by atoms with Crippen LogP contribution in [0.4, 0.5) is 0 Å². The van der Waals surface area contributed by atoms with Gasteiger partial charge in [0.1, 0.15) is 11.4 Å². The van der Waals surface area contributed by atoms with Gasteiger partial charge in [-0.05, 0) is 12.1 Å². The lowest BCUT2D eigenvalue weighted by Gasteiger charge is -2.01. The average Bonchev–Trinajstić information content (AvgIpc) is 2.79. The SMILES string of the molecule is COc1cccc2cc(C(=O)NCCN)[nH]c12. The van der Waals surface area contributed by atoms with Crippen LogP contribution in [-0.4, -0.2) is 31.1 Å². The average molecular weight is 233 g/mol. The van der Waals surface area contributed by atoms with Crippen LogP contribution in [0.3, 0.4) is 0 Å². The van der Waals surface area contributed by atoms with E-state index in [0.717, 1.165) is 16.7 Å². The highest BCUT2D eigenvalue weighted by atomic mass is 16.5. The number of nitrogens with one attached hydrogen (secondary N) is 2. The van der Waals surface area contributed by atoms with Gasteiger partial charge in [-0.25, -0.2) is 0 Å². The lowest BCUT2D eigenvalue weighted by molar-refractivity contribution is 0.0950. The molecule has 1 amide bonds. The van der Waals surface area contributed by atoms with Crippen molar-refractivity contribution in [3.8, 4) is 5.75 Å². The van der Waals surface area contributed by atoms with Crippen molar-refractivity contribution in [1.82, 2.24) is 10.3 Å². The largest absolute Gasteiger partial charge is 0.495 e. The highest BCUT2D eigenvalue weighted by Gasteiger charge is 2.10. The Balaban J connectivity index is 2.34. The minimum absolute atomic E-state index is 0.159. The number of benzene rings is 1. The number of fused-ring (bicyclic) bond motifs is 1. The van der Waals surface area contributed by atoms with Gasteiger partial charge >= 0.3 is 0 Å². The fourth-order valence-corrected chi connectivity index (χ4v) is 1.70. The zero-order valence-electron chi connectivity index (χ0n) is 9.62. The number of methoxy groups -OCH3 is 1. The number of carbonyl (C=O) groups excluding carboxylic acids is 1. The molecule has 0 radical (unpaired) electrons. The van der Waals surface area contributed by atoms with E-state index in [-0.39, 0.29) is 5.91 Å². The quantitative estimate of drug-likeness (QED) is 0.733. The number of rotatable bonds is 4. The Kier molecular flexibility index (Phi) is 3.30. The molecule has 0 spiro atoms. The molecule has 5 heteroatoms. The van der Waals surface area contributed by atoms with Crippen LogP contribution in [0, 0.1) is 0 Å². The number of amides is 1. The molecular formula is C12H15N3O2. The van der Waals surface area contributed by atoms with Crippen molar-refractivity contribution in [1.29, 1.82) is 0 Å². The predicted octanol–water partition coefficient (Wildman–Crippen LogP) is 0.865. The Hall–Kier alpha value is -2.01. The molecule has 4 N–H and O–H groups in total. The van der Waals surface area contributed by atoms with Gasteiger partial charge in [0.05, 0.1) is 12.6 Å². The first-order chi connectivity index (χ1) is 8.26. The number of H-pyrrole nitrogens is 1. The topological polar surface area (TPSA) is 80.1 Å². The lowest BCUT2D eigenvalue weighted by Crippen LogP contribution is -2.29. The molecule has 2 aromatic rings. The van der Waals surface area contributed by atoms with Crippen molar-refractivity contribution in [3.63, 3.8) is 0 Å². The highest BCUT2D eigenvalue weighted by molar-refractivity contribution is 5.99. The molecule has 1 aromatic heterocycles. The summed E-state index contributed by atoms with van der Waals surface area (Å²) in [5.41, 5.74) is 6.67. The molecule has 0 unspecified atom stereocenters. The number of carbonyl (C=O) groups is 1. The molecule has 5 nitrogen and oxygen atoms in total. The standard InChI is InChI=1S/C12H15N3O2/c1-17-10-4-2-3-8-7-9(15-11(8)10)12(16)14-6-5-13/h2-4,7,15H,5-6,13H2,1H3,(H,14,16). The van der Waals surface area contributed by atoms with E-state index in [2.05, 4.69) is 10.3 Å². The fourth-order valence-electron chi connectivity index (χ4n) is 1.70. The maximum atomic E-state index is 11.7. The number of hydrogen-bond acceptors (Lipinski definition) is 3. The smallest absolute Gasteiger partial charge is 0.267 e. The molecule has 2 rings (SSSR count). The predicted molar refractivity (Wildman–Crippen MR) is 66.2 cm³/mol. The van der Waals surface area contributed by atoms with Crippen molar-refractivity contribution in [3.05, 3.63) is 30.0 Å². The minimum Gasteiger partial charge on any atom is -0.495 e. The summed E-state index contributed by atoms with van der Waals surface area (Å²) in [6.45, 7) is 0.890. The first kappa shape index (κ1) is 11.5. The molecule has 1 aromatic carbocycles. The number of para-hydroxylation sites is 1.